The fourth-order valence-corrected chi connectivity index (χ4v) is 2.11. The van der Waals surface area contributed by atoms with Crippen LogP contribution in [0.2, 0.25) is 0 Å². The summed E-state index contributed by atoms with van der Waals surface area (Å²) in [4.78, 5) is 8.18. The van der Waals surface area contributed by atoms with Crippen molar-refractivity contribution in [1.29, 1.82) is 0 Å². The van der Waals surface area contributed by atoms with Gasteiger partial charge in [-0.05, 0) is 30.7 Å². The molecule has 0 radical (unpaired) electrons. The Labute approximate surface area is 113 Å². The van der Waals surface area contributed by atoms with Crippen LogP contribution < -0.4 is 10.1 Å². The topological polar surface area (TPSA) is 47.0 Å². The molecule has 0 aliphatic rings. The molecule has 19 heavy (non-hydrogen) atoms. The Morgan fingerprint density at radius 1 is 1.21 bits per heavy atom. The van der Waals surface area contributed by atoms with E-state index in [0.29, 0.717) is 0 Å². The van der Waals surface area contributed by atoms with E-state index in [1.807, 2.05) is 19.3 Å². The number of nitrogens with one attached hydrogen (secondary N) is 1. The molecule has 0 bridgehead atoms. The predicted molar refractivity (Wildman–Crippen MR) is 75.3 cm³/mol. The van der Waals surface area contributed by atoms with Gasteiger partial charge in [0.15, 0.2) is 0 Å². The third kappa shape index (κ3) is 3.09. The van der Waals surface area contributed by atoms with E-state index in [4.69, 9.17) is 4.74 Å². The van der Waals surface area contributed by atoms with Gasteiger partial charge in [-0.1, -0.05) is 19.1 Å². The highest BCUT2D eigenvalue weighted by molar-refractivity contribution is 5.40. The molecule has 1 aromatic heterocycles. The lowest BCUT2D eigenvalue weighted by atomic mass is 9.99. The van der Waals surface area contributed by atoms with Crippen LogP contribution in [0, 0.1) is 6.92 Å². The monoisotopic (exact) mass is 257 g/mol. The van der Waals surface area contributed by atoms with E-state index in [-0.39, 0.29) is 6.04 Å². The molecule has 2 rings (SSSR count). The summed E-state index contributed by atoms with van der Waals surface area (Å²) in [6.07, 6.45) is 5.22. The van der Waals surface area contributed by atoms with Crippen molar-refractivity contribution < 1.29 is 4.74 Å². The number of hydrogen-bond acceptors (Lipinski definition) is 4. The lowest BCUT2D eigenvalue weighted by molar-refractivity contribution is 0.410. The van der Waals surface area contributed by atoms with Gasteiger partial charge < -0.3 is 10.1 Å². The molecule has 1 unspecified atom stereocenters. The fraction of sp³-hybridized carbons (Fsp3) is 0.333. The van der Waals surface area contributed by atoms with Crippen LogP contribution in [0.4, 0.5) is 0 Å². The van der Waals surface area contributed by atoms with Crippen LogP contribution in [-0.2, 0) is 0 Å². The summed E-state index contributed by atoms with van der Waals surface area (Å²) < 4.78 is 5.39. The molecule has 0 aliphatic carbocycles. The van der Waals surface area contributed by atoms with E-state index in [9.17, 15) is 0 Å². The second-order valence-corrected chi connectivity index (χ2v) is 4.39. The molecule has 0 aliphatic heterocycles. The quantitative estimate of drug-likeness (QED) is 0.894. The van der Waals surface area contributed by atoms with Gasteiger partial charge in [0.05, 0.1) is 13.2 Å². The largest absolute Gasteiger partial charge is 0.496 e. The van der Waals surface area contributed by atoms with E-state index in [1.165, 1.54) is 0 Å². The van der Waals surface area contributed by atoms with Crippen molar-refractivity contribution in [3.63, 3.8) is 0 Å². The SMILES string of the molecule is CCNC(c1cncnc1)c1ccc(C)c(OC)c1. The molecule has 100 valence electrons. The minimum atomic E-state index is 0.0840. The third-order valence-corrected chi connectivity index (χ3v) is 3.09. The Balaban J connectivity index is 2.39. The van der Waals surface area contributed by atoms with Crippen molar-refractivity contribution in [3.05, 3.63) is 53.6 Å². The number of ether oxygens (including phenoxy) is 1. The Hall–Kier alpha value is -1.94. The van der Waals surface area contributed by atoms with Crippen LogP contribution in [0.25, 0.3) is 0 Å². The zero-order valence-electron chi connectivity index (χ0n) is 11.6. The number of aromatic nitrogens is 2. The minimum absolute atomic E-state index is 0.0840. The molecule has 1 aromatic carbocycles. The number of methoxy groups -OCH3 is 1. The lowest BCUT2D eigenvalue weighted by Gasteiger charge is -2.19. The van der Waals surface area contributed by atoms with Crippen molar-refractivity contribution in [2.75, 3.05) is 13.7 Å². The average Bonchev–Trinajstić information content (AvgIpc) is 2.46. The van der Waals surface area contributed by atoms with Crippen LogP contribution in [-0.4, -0.2) is 23.6 Å². The molecule has 1 N–H and O–H groups in total. The molecule has 2 aromatic rings. The average molecular weight is 257 g/mol. The summed E-state index contributed by atoms with van der Waals surface area (Å²) in [6.45, 7) is 4.99. The molecular weight excluding hydrogens is 238 g/mol. The van der Waals surface area contributed by atoms with Crippen molar-refractivity contribution in [2.45, 2.75) is 19.9 Å². The Bertz CT molecular complexity index is 528. The van der Waals surface area contributed by atoms with Gasteiger partial charge >= 0.3 is 0 Å². The molecule has 0 amide bonds. The van der Waals surface area contributed by atoms with E-state index in [1.54, 1.807) is 13.4 Å². The Morgan fingerprint density at radius 2 is 1.95 bits per heavy atom. The van der Waals surface area contributed by atoms with Crippen LogP contribution in [0.15, 0.2) is 36.9 Å². The van der Waals surface area contributed by atoms with Gasteiger partial charge in [-0.25, -0.2) is 9.97 Å². The Kier molecular flexibility index (Phi) is 4.47. The molecule has 0 fully saturated rings. The molecule has 1 atom stereocenters. The first-order valence-corrected chi connectivity index (χ1v) is 6.39. The molecule has 4 heteroatoms. The third-order valence-electron chi connectivity index (χ3n) is 3.09. The maximum Gasteiger partial charge on any atom is 0.122 e. The smallest absolute Gasteiger partial charge is 0.122 e. The van der Waals surface area contributed by atoms with Crippen LogP contribution in [0.1, 0.15) is 29.7 Å². The molecule has 0 saturated heterocycles. The molecule has 4 nitrogen and oxygen atoms in total. The standard InChI is InChI=1S/C15H19N3O/c1-4-18-15(13-8-16-10-17-9-13)12-6-5-11(2)14(7-12)19-3/h5-10,15,18H,4H2,1-3H3. The van der Waals surface area contributed by atoms with Gasteiger partial charge in [-0.15, -0.1) is 0 Å². The van der Waals surface area contributed by atoms with E-state index in [0.717, 1.165) is 29.0 Å². The molecule has 0 spiro atoms. The van der Waals surface area contributed by atoms with Crippen LogP contribution in [0.3, 0.4) is 0 Å². The number of rotatable bonds is 5. The van der Waals surface area contributed by atoms with Gasteiger partial charge in [0.2, 0.25) is 0 Å². The van der Waals surface area contributed by atoms with Crippen molar-refractivity contribution in [1.82, 2.24) is 15.3 Å². The lowest BCUT2D eigenvalue weighted by Crippen LogP contribution is -2.22. The van der Waals surface area contributed by atoms with Crippen molar-refractivity contribution >= 4 is 0 Å². The van der Waals surface area contributed by atoms with E-state index >= 15 is 0 Å². The highest BCUT2D eigenvalue weighted by atomic mass is 16.5. The van der Waals surface area contributed by atoms with Crippen LogP contribution >= 0.6 is 0 Å². The van der Waals surface area contributed by atoms with Gasteiger partial charge in [-0.3, -0.25) is 0 Å². The van der Waals surface area contributed by atoms with Crippen LogP contribution in [0.5, 0.6) is 5.75 Å². The first kappa shape index (κ1) is 13.5. The maximum atomic E-state index is 5.39. The summed E-state index contributed by atoms with van der Waals surface area (Å²) in [6, 6.07) is 6.33. The summed E-state index contributed by atoms with van der Waals surface area (Å²) in [5, 5.41) is 3.45. The van der Waals surface area contributed by atoms with Crippen molar-refractivity contribution in [3.8, 4) is 5.75 Å². The zero-order valence-corrected chi connectivity index (χ0v) is 11.6. The van der Waals surface area contributed by atoms with E-state index in [2.05, 4.69) is 40.4 Å². The number of hydrogen-bond donors (Lipinski definition) is 1. The van der Waals surface area contributed by atoms with Gasteiger partial charge in [-0.2, -0.15) is 0 Å². The molecular formula is C15H19N3O. The van der Waals surface area contributed by atoms with Gasteiger partial charge in [0.1, 0.15) is 12.1 Å². The van der Waals surface area contributed by atoms with Gasteiger partial charge in [0, 0.05) is 18.0 Å². The normalized spacial score (nSPS) is 12.2. The fourth-order valence-electron chi connectivity index (χ4n) is 2.11. The first-order valence-electron chi connectivity index (χ1n) is 6.39. The minimum Gasteiger partial charge on any atom is -0.496 e. The molecule has 0 saturated carbocycles. The highest BCUT2D eigenvalue weighted by Gasteiger charge is 2.14. The number of nitrogens with zero attached hydrogens (tertiary/aromatic N) is 2. The first-order chi connectivity index (χ1) is 9.26. The second-order valence-electron chi connectivity index (χ2n) is 4.39. The highest BCUT2D eigenvalue weighted by Crippen LogP contribution is 2.26. The van der Waals surface area contributed by atoms with Gasteiger partial charge in [0.25, 0.3) is 0 Å². The Morgan fingerprint density at radius 3 is 2.58 bits per heavy atom. The second kappa shape index (κ2) is 6.29. The summed E-state index contributed by atoms with van der Waals surface area (Å²) >= 11 is 0. The number of benzene rings is 1. The summed E-state index contributed by atoms with van der Waals surface area (Å²) in [5.41, 5.74) is 3.33. The van der Waals surface area contributed by atoms with Crippen molar-refractivity contribution in [2.24, 2.45) is 0 Å². The predicted octanol–water partition coefficient (Wildman–Crippen LogP) is 2.49. The summed E-state index contributed by atoms with van der Waals surface area (Å²) in [7, 11) is 1.69. The number of aryl methyl sites for hydroxylation is 1. The summed E-state index contributed by atoms with van der Waals surface area (Å²) in [5.74, 6) is 0.900. The zero-order chi connectivity index (χ0) is 13.7. The van der Waals surface area contributed by atoms with E-state index < -0.39 is 0 Å². The maximum absolute atomic E-state index is 5.39. The molecule has 1 heterocycles.